The molecule has 1 amide bonds. The molecule has 1 aliphatic heterocycles. The Morgan fingerprint density at radius 1 is 1.07 bits per heavy atom. The lowest BCUT2D eigenvalue weighted by Gasteiger charge is -2.32. The molecular weight excluding hydrogens is 425 g/mol. The summed E-state index contributed by atoms with van der Waals surface area (Å²) in [6.45, 7) is 3.86. The number of hydrogen-bond acceptors (Lipinski definition) is 5. The Kier molecular flexibility index (Phi) is 11.6. The number of hydrogen-bond donors (Lipinski definition) is 2. The van der Waals surface area contributed by atoms with Gasteiger partial charge in [0.2, 0.25) is 0 Å². The summed E-state index contributed by atoms with van der Waals surface area (Å²) in [5.41, 5.74) is 7.62. The largest absolute Gasteiger partial charge is 0.493 e. The molecule has 166 valence electrons. The van der Waals surface area contributed by atoms with Gasteiger partial charge in [0.15, 0.2) is 18.1 Å². The Morgan fingerprint density at radius 2 is 1.77 bits per heavy atom. The maximum Gasteiger partial charge on any atom is 0.255 e. The number of piperidine rings is 1. The average molecular weight is 456 g/mol. The highest BCUT2D eigenvalue weighted by Gasteiger charge is 2.19. The summed E-state index contributed by atoms with van der Waals surface area (Å²) in [5, 5.41) is 3.65. The highest BCUT2D eigenvalue weighted by Crippen LogP contribution is 2.28. The average Bonchev–Trinajstić information content (AvgIpc) is 2.72. The van der Waals surface area contributed by atoms with E-state index >= 15 is 0 Å². The Bertz CT molecular complexity index is 769. The lowest BCUT2D eigenvalue weighted by molar-refractivity contribution is -0.119. The van der Waals surface area contributed by atoms with Crippen LogP contribution in [0.1, 0.15) is 24.0 Å². The Morgan fingerprint density at radius 3 is 2.40 bits per heavy atom. The van der Waals surface area contributed by atoms with Crippen molar-refractivity contribution in [1.29, 1.82) is 0 Å². The molecule has 0 aromatic heterocycles. The molecule has 0 saturated carbocycles. The van der Waals surface area contributed by atoms with Crippen molar-refractivity contribution in [2.45, 2.75) is 32.0 Å². The van der Waals surface area contributed by atoms with Crippen molar-refractivity contribution >= 4 is 30.7 Å². The summed E-state index contributed by atoms with van der Waals surface area (Å²) in [5.74, 6) is 0.629. The number of halogens is 2. The van der Waals surface area contributed by atoms with Gasteiger partial charge in [-0.1, -0.05) is 36.4 Å². The number of ether oxygens (including phenoxy) is 2. The van der Waals surface area contributed by atoms with Crippen LogP contribution in [0, 0.1) is 0 Å². The fourth-order valence-corrected chi connectivity index (χ4v) is 3.49. The van der Waals surface area contributed by atoms with Crippen molar-refractivity contribution in [3.63, 3.8) is 0 Å². The number of carbonyl (C=O) groups excluding carboxylic acids is 1. The molecule has 30 heavy (non-hydrogen) atoms. The van der Waals surface area contributed by atoms with Crippen LogP contribution in [0.25, 0.3) is 0 Å². The highest BCUT2D eigenvalue weighted by atomic mass is 35.5. The molecule has 1 heterocycles. The van der Waals surface area contributed by atoms with Gasteiger partial charge in [0.05, 0.1) is 7.11 Å². The van der Waals surface area contributed by atoms with Crippen LogP contribution in [-0.2, 0) is 17.9 Å². The van der Waals surface area contributed by atoms with E-state index in [1.807, 2.05) is 18.2 Å². The van der Waals surface area contributed by atoms with Gasteiger partial charge in [-0.05, 0) is 49.2 Å². The first kappa shape index (κ1) is 26.0. The van der Waals surface area contributed by atoms with Gasteiger partial charge in [0, 0.05) is 19.1 Å². The number of nitrogens with two attached hydrogens (primary N) is 1. The topological polar surface area (TPSA) is 76.8 Å². The van der Waals surface area contributed by atoms with Crippen LogP contribution in [-0.4, -0.2) is 43.7 Å². The van der Waals surface area contributed by atoms with Crippen molar-refractivity contribution in [3.05, 3.63) is 59.7 Å². The van der Waals surface area contributed by atoms with E-state index in [1.54, 1.807) is 7.11 Å². The molecule has 8 heteroatoms. The third kappa shape index (κ3) is 8.03. The number of likely N-dealkylation sites (tertiary alicyclic amines) is 1. The number of carbonyl (C=O) groups is 1. The number of benzene rings is 2. The van der Waals surface area contributed by atoms with Crippen LogP contribution < -0.4 is 20.5 Å². The first-order valence-corrected chi connectivity index (χ1v) is 9.71. The van der Waals surface area contributed by atoms with Gasteiger partial charge in [-0.15, -0.1) is 24.8 Å². The minimum atomic E-state index is -0.508. The zero-order valence-electron chi connectivity index (χ0n) is 17.2. The van der Waals surface area contributed by atoms with Crippen molar-refractivity contribution < 1.29 is 14.3 Å². The molecule has 0 aliphatic carbocycles. The number of primary amides is 1. The molecule has 0 spiro atoms. The molecule has 1 fully saturated rings. The van der Waals surface area contributed by atoms with Crippen LogP contribution in [0.3, 0.4) is 0 Å². The second-order valence-electron chi connectivity index (χ2n) is 7.16. The molecule has 0 unspecified atom stereocenters. The summed E-state index contributed by atoms with van der Waals surface area (Å²) in [4.78, 5) is 13.4. The highest BCUT2D eigenvalue weighted by molar-refractivity contribution is 5.85. The summed E-state index contributed by atoms with van der Waals surface area (Å²) in [6, 6.07) is 16.9. The number of nitrogens with zero attached hydrogens (tertiary/aromatic N) is 1. The first-order valence-electron chi connectivity index (χ1n) is 9.71. The van der Waals surface area contributed by atoms with Gasteiger partial charge < -0.3 is 20.5 Å². The smallest absolute Gasteiger partial charge is 0.255 e. The van der Waals surface area contributed by atoms with Crippen LogP contribution in [0.5, 0.6) is 11.5 Å². The number of rotatable bonds is 9. The Hall–Kier alpha value is -1.99. The zero-order valence-corrected chi connectivity index (χ0v) is 18.8. The molecule has 2 aromatic rings. The van der Waals surface area contributed by atoms with Crippen LogP contribution in [0.15, 0.2) is 48.5 Å². The molecule has 1 saturated heterocycles. The SMILES string of the molecule is COc1cc(CNC2CCN(Cc3ccccc3)CC2)ccc1OCC(N)=O.Cl.Cl. The minimum Gasteiger partial charge on any atom is -0.493 e. The van der Waals surface area contributed by atoms with E-state index in [9.17, 15) is 4.79 Å². The monoisotopic (exact) mass is 455 g/mol. The van der Waals surface area contributed by atoms with E-state index in [-0.39, 0.29) is 31.4 Å². The predicted octanol–water partition coefficient (Wildman–Crippen LogP) is 3.16. The maximum atomic E-state index is 10.9. The third-order valence-corrected chi connectivity index (χ3v) is 5.03. The minimum absolute atomic E-state index is 0. The van der Waals surface area contributed by atoms with E-state index in [0.29, 0.717) is 17.5 Å². The Labute approximate surface area is 190 Å². The molecule has 6 nitrogen and oxygen atoms in total. The van der Waals surface area contributed by atoms with Gasteiger partial charge in [-0.25, -0.2) is 0 Å². The van der Waals surface area contributed by atoms with E-state index in [2.05, 4.69) is 40.5 Å². The number of methoxy groups -OCH3 is 1. The molecule has 3 N–H and O–H groups in total. The fourth-order valence-electron chi connectivity index (χ4n) is 3.49. The maximum absolute atomic E-state index is 10.9. The standard InChI is InChI=1S/C22H29N3O3.2ClH/c1-27-21-13-18(7-8-20(21)28-16-22(23)26)14-24-19-9-11-25(12-10-19)15-17-5-3-2-4-6-17;;/h2-8,13,19,24H,9-12,14-16H2,1H3,(H2,23,26);2*1H. The van der Waals surface area contributed by atoms with Gasteiger partial charge in [-0.3, -0.25) is 9.69 Å². The van der Waals surface area contributed by atoms with Crippen molar-refractivity contribution in [3.8, 4) is 11.5 Å². The fraction of sp³-hybridized carbons (Fsp3) is 0.409. The van der Waals surface area contributed by atoms with E-state index in [1.165, 1.54) is 5.56 Å². The lowest BCUT2D eigenvalue weighted by atomic mass is 10.0. The Balaban J connectivity index is 0.00000225. The predicted molar refractivity (Wildman–Crippen MR) is 124 cm³/mol. The normalized spacial score (nSPS) is 14.3. The van der Waals surface area contributed by atoms with Gasteiger partial charge >= 0.3 is 0 Å². The molecule has 3 rings (SSSR count). The quantitative estimate of drug-likeness (QED) is 0.606. The summed E-state index contributed by atoms with van der Waals surface area (Å²) < 4.78 is 10.7. The second-order valence-corrected chi connectivity index (χ2v) is 7.16. The first-order chi connectivity index (χ1) is 13.6. The summed E-state index contributed by atoms with van der Waals surface area (Å²) in [7, 11) is 1.59. The van der Waals surface area contributed by atoms with Gasteiger partial charge in [0.1, 0.15) is 0 Å². The van der Waals surface area contributed by atoms with Crippen LogP contribution in [0.2, 0.25) is 0 Å². The van der Waals surface area contributed by atoms with Crippen molar-refractivity contribution in [2.75, 3.05) is 26.8 Å². The van der Waals surface area contributed by atoms with Crippen LogP contribution in [0.4, 0.5) is 0 Å². The van der Waals surface area contributed by atoms with Crippen molar-refractivity contribution in [2.24, 2.45) is 5.73 Å². The van der Waals surface area contributed by atoms with Crippen LogP contribution >= 0.6 is 24.8 Å². The number of amides is 1. The van der Waals surface area contributed by atoms with E-state index in [0.717, 1.165) is 44.6 Å². The molecule has 0 radical (unpaired) electrons. The molecule has 0 bridgehead atoms. The molecule has 2 aromatic carbocycles. The van der Waals surface area contributed by atoms with Crippen molar-refractivity contribution in [1.82, 2.24) is 10.2 Å². The summed E-state index contributed by atoms with van der Waals surface area (Å²) in [6.07, 6.45) is 2.29. The molecule has 1 aliphatic rings. The van der Waals surface area contributed by atoms with E-state index in [4.69, 9.17) is 15.2 Å². The van der Waals surface area contributed by atoms with Gasteiger partial charge in [0.25, 0.3) is 5.91 Å². The number of nitrogens with one attached hydrogen (secondary N) is 1. The summed E-state index contributed by atoms with van der Waals surface area (Å²) >= 11 is 0. The lowest BCUT2D eigenvalue weighted by Crippen LogP contribution is -2.41. The zero-order chi connectivity index (χ0) is 19.8. The third-order valence-electron chi connectivity index (χ3n) is 5.03. The van der Waals surface area contributed by atoms with Gasteiger partial charge in [-0.2, -0.15) is 0 Å². The second kappa shape index (κ2) is 13.3. The van der Waals surface area contributed by atoms with E-state index < -0.39 is 5.91 Å². The molecular formula is C22H31Cl2N3O3. The molecule has 0 atom stereocenters.